The molecule has 29 heavy (non-hydrogen) atoms. The van der Waals surface area contributed by atoms with Crippen molar-refractivity contribution in [3.05, 3.63) is 83.4 Å². The molecule has 0 saturated carbocycles. The SMILES string of the molecule is COc1ccc(NC(=O)c2ccc(C)c(NC(=O)c3ccccc3)c2)c(OC)c1. The van der Waals surface area contributed by atoms with Gasteiger partial charge in [-0.1, -0.05) is 24.3 Å². The normalized spacial score (nSPS) is 10.2. The molecule has 0 fully saturated rings. The lowest BCUT2D eigenvalue weighted by molar-refractivity contribution is 0.101. The Balaban J connectivity index is 1.80. The van der Waals surface area contributed by atoms with Gasteiger partial charge < -0.3 is 20.1 Å². The first-order valence-electron chi connectivity index (χ1n) is 9.02. The molecule has 3 aromatic rings. The van der Waals surface area contributed by atoms with Crippen LogP contribution in [0.1, 0.15) is 26.3 Å². The van der Waals surface area contributed by atoms with E-state index in [1.165, 1.54) is 7.11 Å². The second-order valence-corrected chi connectivity index (χ2v) is 6.37. The Morgan fingerprint density at radius 1 is 0.724 bits per heavy atom. The standard InChI is InChI=1S/C23H22N2O4/c1-15-9-10-17(13-20(15)25-22(26)16-7-5-4-6-8-16)23(27)24-19-12-11-18(28-2)14-21(19)29-3/h4-14H,1-3H3,(H,24,27)(H,25,26). The Labute approximate surface area is 169 Å². The molecule has 6 heteroatoms. The first-order chi connectivity index (χ1) is 14.0. The number of nitrogens with one attached hydrogen (secondary N) is 2. The summed E-state index contributed by atoms with van der Waals surface area (Å²) < 4.78 is 10.5. The molecule has 3 rings (SSSR count). The van der Waals surface area contributed by atoms with Gasteiger partial charge in [0.1, 0.15) is 11.5 Å². The summed E-state index contributed by atoms with van der Waals surface area (Å²) in [6.45, 7) is 1.87. The molecule has 0 aliphatic rings. The Hall–Kier alpha value is -3.80. The van der Waals surface area contributed by atoms with Crippen molar-refractivity contribution >= 4 is 23.2 Å². The van der Waals surface area contributed by atoms with E-state index in [1.807, 2.05) is 13.0 Å². The van der Waals surface area contributed by atoms with E-state index in [0.717, 1.165) is 5.56 Å². The predicted molar refractivity (Wildman–Crippen MR) is 113 cm³/mol. The number of amides is 2. The number of anilines is 2. The zero-order valence-electron chi connectivity index (χ0n) is 16.5. The third-order valence-corrected chi connectivity index (χ3v) is 4.44. The van der Waals surface area contributed by atoms with E-state index in [4.69, 9.17) is 9.47 Å². The van der Waals surface area contributed by atoms with E-state index >= 15 is 0 Å². The van der Waals surface area contributed by atoms with Crippen molar-refractivity contribution in [2.75, 3.05) is 24.9 Å². The van der Waals surface area contributed by atoms with Crippen LogP contribution < -0.4 is 20.1 Å². The minimum absolute atomic E-state index is 0.233. The van der Waals surface area contributed by atoms with Crippen LogP contribution in [0, 0.1) is 6.92 Å². The zero-order chi connectivity index (χ0) is 20.8. The predicted octanol–water partition coefficient (Wildman–Crippen LogP) is 4.52. The smallest absolute Gasteiger partial charge is 0.255 e. The van der Waals surface area contributed by atoms with E-state index in [-0.39, 0.29) is 11.8 Å². The summed E-state index contributed by atoms with van der Waals surface area (Å²) in [5, 5.41) is 5.69. The number of rotatable bonds is 6. The molecular weight excluding hydrogens is 368 g/mol. The molecule has 0 bridgehead atoms. The average Bonchev–Trinajstić information content (AvgIpc) is 2.76. The summed E-state index contributed by atoms with van der Waals surface area (Å²) in [6, 6.07) is 19.2. The van der Waals surface area contributed by atoms with Crippen LogP contribution in [0.2, 0.25) is 0 Å². The Bertz CT molecular complexity index is 1030. The number of benzene rings is 3. The van der Waals surface area contributed by atoms with Gasteiger partial charge in [-0.25, -0.2) is 0 Å². The van der Waals surface area contributed by atoms with Gasteiger partial charge in [0.15, 0.2) is 0 Å². The van der Waals surface area contributed by atoms with Crippen molar-refractivity contribution in [2.24, 2.45) is 0 Å². The number of hydrogen-bond donors (Lipinski definition) is 2. The van der Waals surface area contributed by atoms with Crippen LogP contribution in [0.5, 0.6) is 11.5 Å². The van der Waals surface area contributed by atoms with Crippen molar-refractivity contribution in [3.63, 3.8) is 0 Å². The van der Waals surface area contributed by atoms with Crippen molar-refractivity contribution in [3.8, 4) is 11.5 Å². The van der Waals surface area contributed by atoms with E-state index in [9.17, 15) is 9.59 Å². The maximum atomic E-state index is 12.7. The van der Waals surface area contributed by atoms with Crippen molar-refractivity contribution in [1.29, 1.82) is 0 Å². The lowest BCUT2D eigenvalue weighted by Crippen LogP contribution is -2.16. The van der Waals surface area contributed by atoms with Crippen molar-refractivity contribution < 1.29 is 19.1 Å². The third kappa shape index (κ3) is 4.73. The molecule has 0 heterocycles. The molecule has 0 saturated heterocycles. The van der Waals surface area contributed by atoms with Gasteiger partial charge in [-0.3, -0.25) is 9.59 Å². The maximum Gasteiger partial charge on any atom is 0.255 e. The number of carbonyl (C=O) groups excluding carboxylic acids is 2. The molecule has 0 aromatic heterocycles. The molecule has 3 aromatic carbocycles. The van der Waals surface area contributed by atoms with Gasteiger partial charge in [0, 0.05) is 22.9 Å². The van der Waals surface area contributed by atoms with E-state index in [2.05, 4.69) is 10.6 Å². The fraction of sp³-hybridized carbons (Fsp3) is 0.130. The minimum atomic E-state index is -0.316. The fourth-order valence-corrected chi connectivity index (χ4v) is 2.78. The fourth-order valence-electron chi connectivity index (χ4n) is 2.78. The van der Waals surface area contributed by atoms with Gasteiger partial charge in [-0.15, -0.1) is 0 Å². The largest absolute Gasteiger partial charge is 0.497 e. The molecule has 0 aliphatic heterocycles. The van der Waals surface area contributed by atoms with Crippen LogP contribution in [0.15, 0.2) is 66.7 Å². The highest BCUT2D eigenvalue weighted by atomic mass is 16.5. The highest BCUT2D eigenvalue weighted by Crippen LogP contribution is 2.29. The Morgan fingerprint density at radius 3 is 2.10 bits per heavy atom. The number of aryl methyl sites for hydroxylation is 1. The van der Waals surface area contributed by atoms with E-state index in [0.29, 0.717) is 34.0 Å². The van der Waals surface area contributed by atoms with Gasteiger partial charge >= 0.3 is 0 Å². The van der Waals surface area contributed by atoms with Gasteiger partial charge in [0.2, 0.25) is 0 Å². The molecule has 2 amide bonds. The topological polar surface area (TPSA) is 76.7 Å². The lowest BCUT2D eigenvalue weighted by atomic mass is 10.1. The van der Waals surface area contributed by atoms with Gasteiger partial charge in [-0.05, 0) is 48.9 Å². The van der Waals surface area contributed by atoms with Crippen LogP contribution in [-0.4, -0.2) is 26.0 Å². The molecule has 0 atom stereocenters. The second-order valence-electron chi connectivity index (χ2n) is 6.37. The summed E-state index contributed by atoms with van der Waals surface area (Å²) >= 11 is 0. The average molecular weight is 390 g/mol. The molecular formula is C23H22N2O4. The summed E-state index contributed by atoms with van der Waals surface area (Å²) in [5.41, 5.74) is 2.91. The van der Waals surface area contributed by atoms with Crippen LogP contribution >= 0.6 is 0 Å². The first kappa shape index (κ1) is 19.9. The number of carbonyl (C=O) groups is 2. The summed E-state index contributed by atoms with van der Waals surface area (Å²) in [6.07, 6.45) is 0. The summed E-state index contributed by atoms with van der Waals surface area (Å²) in [5.74, 6) is 0.565. The molecule has 0 radical (unpaired) electrons. The molecule has 0 unspecified atom stereocenters. The van der Waals surface area contributed by atoms with Crippen LogP contribution in [0.3, 0.4) is 0 Å². The monoisotopic (exact) mass is 390 g/mol. The van der Waals surface area contributed by atoms with E-state index in [1.54, 1.807) is 67.8 Å². The second kappa shape index (κ2) is 8.93. The molecule has 6 nitrogen and oxygen atoms in total. The molecule has 148 valence electrons. The van der Waals surface area contributed by atoms with Crippen LogP contribution in [-0.2, 0) is 0 Å². The third-order valence-electron chi connectivity index (χ3n) is 4.44. The van der Waals surface area contributed by atoms with Gasteiger partial charge in [0.25, 0.3) is 11.8 Å². The molecule has 2 N–H and O–H groups in total. The number of methoxy groups -OCH3 is 2. The number of ether oxygens (including phenoxy) is 2. The molecule has 0 aliphatic carbocycles. The minimum Gasteiger partial charge on any atom is -0.497 e. The van der Waals surface area contributed by atoms with Gasteiger partial charge in [-0.2, -0.15) is 0 Å². The Kier molecular flexibility index (Phi) is 6.14. The molecule has 0 spiro atoms. The van der Waals surface area contributed by atoms with Gasteiger partial charge in [0.05, 0.1) is 19.9 Å². The van der Waals surface area contributed by atoms with Crippen LogP contribution in [0.25, 0.3) is 0 Å². The van der Waals surface area contributed by atoms with Crippen molar-refractivity contribution in [1.82, 2.24) is 0 Å². The van der Waals surface area contributed by atoms with E-state index < -0.39 is 0 Å². The number of hydrogen-bond acceptors (Lipinski definition) is 4. The highest BCUT2D eigenvalue weighted by Gasteiger charge is 2.14. The van der Waals surface area contributed by atoms with Crippen molar-refractivity contribution in [2.45, 2.75) is 6.92 Å². The summed E-state index contributed by atoms with van der Waals surface area (Å²) in [7, 11) is 3.08. The van der Waals surface area contributed by atoms with Crippen LogP contribution in [0.4, 0.5) is 11.4 Å². The Morgan fingerprint density at radius 2 is 1.41 bits per heavy atom. The quantitative estimate of drug-likeness (QED) is 0.649. The maximum absolute atomic E-state index is 12.7. The first-order valence-corrected chi connectivity index (χ1v) is 9.02. The lowest BCUT2D eigenvalue weighted by Gasteiger charge is -2.13. The highest BCUT2D eigenvalue weighted by molar-refractivity contribution is 6.08. The summed E-state index contributed by atoms with van der Waals surface area (Å²) in [4.78, 5) is 25.2. The zero-order valence-corrected chi connectivity index (χ0v) is 16.5.